The summed E-state index contributed by atoms with van der Waals surface area (Å²) in [4.78, 5) is 12.6. The SMILES string of the molecule is CCC1CC1NC(=O)c1sccc1C#CCO. The van der Waals surface area contributed by atoms with E-state index >= 15 is 0 Å². The second-order valence-electron chi connectivity index (χ2n) is 4.11. The lowest BCUT2D eigenvalue weighted by molar-refractivity contribution is 0.0953. The van der Waals surface area contributed by atoms with Gasteiger partial charge in [-0.05, 0) is 23.8 Å². The van der Waals surface area contributed by atoms with Crippen molar-refractivity contribution in [1.29, 1.82) is 0 Å². The van der Waals surface area contributed by atoms with E-state index in [2.05, 4.69) is 24.1 Å². The number of carbonyl (C=O) groups is 1. The van der Waals surface area contributed by atoms with Gasteiger partial charge in [0.25, 0.3) is 5.91 Å². The lowest BCUT2D eigenvalue weighted by Crippen LogP contribution is -2.26. The number of thiophene rings is 1. The zero-order chi connectivity index (χ0) is 12.3. The maximum atomic E-state index is 12.0. The summed E-state index contributed by atoms with van der Waals surface area (Å²) in [5, 5.41) is 13.5. The van der Waals surface area contributed by atoms with Gasteiger partial charge in [0.1, 0.15) is 11.5 Å². The number of carbonyl (C=O) groups excluding carboxylic acids is 1. The number of aliphatic hydroxyl groups excluding tert-OH is 1. The Morgan fingerprint density at radius 1 is 1.71 bits per heavy atom. The molecule has 90 valence electrons. The zero-order valence-corrected chi connectivity index (χ0v) is 10.5. The van der Waals surface area contributed by atoms with Crippen LogP contribution in [-0.4, -0.2) is 23.7 Å². The van der Waals surface area contributed by atoms with Gasteiger partial charge in [0.2, 0.25) is 0 Å². The van der Waals surface area contributed by atoms with Crippen molar-refractivity contribution in [3.8, 4) is 11.8 Å². The number of hydrogen-bond acceptors (Lipinski definition) is 3. The normalized spacial score (nSPS) is 21.5. The molecule has 0 radical (unpaired) electrons. The van der Waals surface area contributed by atoms with Gasteiger partial charge in [-0.25, -0.2) is 0 Å². The summed E-state index contributed by atoms with van der Waals surface area (Å²) in [6, 6.07) is 2.15. The Balaban J connectivity index is 2.02. The van der Waals surface area contributed by atoms with Crippen molar-refractivity contribution in [2.45, 2.75) is 25.8 Å². The van der Waals surface area contributed by atoms with Crippen LogP contribution in [0.1, 0.15) is 35.0 Å². The predicted molar refractivity (Wildman–Crippen MR) is 67.9 cm³/mol. The molecule has 17 heavy (non-hydrogen) atoms. The number of rotatable bonds is 3. The summed E-state index contributed by atoms with van der Waals surface area (Å²) >= 11 is 1.39. The number of hydrogen-bond donors (Lipinski definition) is 2. The zero-order valence-electron chi connectivity index (χ0n) is 9.69. The van der Waals surface area contributed by atoms with Crippen molar-refractivity contribution in [2.75, 3.05) is 6.61 Å². The number of nitrogens with one attached hydrogen (secondary N) is 1. The molecule has 0 spiro atoms. The topological polar surface area (TPSA) is 49.3 Å². The maximum absolute atomic E-state index is 12.0. The molecule has 1 fully saturated rings. The summed E-state index contributed by atoms with van der Waals surface area (Å²) in [5.41, 5.74) is 0.704. The van der Waals surface area contributed by atoms with Gasteiger partial charge in [-0.15, -0.1) is 11.3 Å². The minimum atomic E-state index is -0.183. The average molecular weight is 249 g/mol. The first kappa shape index (κ1) is 12.2. The van der Waals surface area contributed by atoms with Crippen molar-refractivity contribution in [2.24, 2.45) is 5.92 Å². The van der Waals surface area contributed by atoms with E-state index in [1.54, 1.807) is 0 Å². The van der Waals surface area contributed by atoms with Crippen molar-refractivity contribution in [1.82, 2.24) is 5.32 Å². The molecule has 4 heteroatoms. The molecule has 0 saturated heterocycles. The highest BCUT2D eigenvalue weighted by Crippen LogP contribution is 2.33. The Morgan fingerprint density at radius 2 is 2.53 bits per heavy atom. The first-order chi connectivity index (χ1) is 8.26. The van der Waals surface area contributed by atoms with Crippen LogP contribution in [0.25, 0.3) is 0 Å². The molecule has 1 saturated carbocycles. The summed E-state index contributed by atoms with van der Waals surface area (Å²) in [6.07, 6.45) is 2.21. The highest BCUT2D eigenvalue weighted by molar-refractivity contribution is 7.12. The Bertz CT molecular complexity index is 469. The first-order valence-electron chi connectivity index (χ1n) is 5.74. The quantitative estimate of drug-likeness (QED) is 0.800. The average Bonchev–Trinajstić information content (AvgIpc) is 2.90. The molecule has 1 aromatic rings. The van der Waals surface area contributed by atoms with E-state index in [0.717, 1.165) is 12.8 Å². The van der Waals surface area contributed by atoms with Crippen LogP contribution in [0, 0.1) is 17.8 Å². The molecule has 0 aromatic carbocycles. The van der Waals surface area contributed by atoms with Crippen LogP contribution in [0.5, 0.6) is 0 Å². The van der Waals surface area contributed by atoms with E-state index in [-0.39, 0.29) is 12.5 Å². The monoisotopic (exact) mass is 249 g/mol. The van der Waals surface area contributed by atoms with Gasteiger partial charge in [0.05, 0.1) is 0 Å². The van der Waals surface area contributed by atoms with Crippen molar-refractivity contribution >= 4 is 17.2 Å². The van der Waals surface area contributed by atoms with Crippen LogP contribution in [0.4, 0.5) is 0 Å². The molecule has 1 aliphatic rings. The molecule has 1 heterocycles. The van der Waals surface area contributed by atoms with E-state index in [4.69, 9.17) is 5.11 Å². The van der Waals surface area contributed by atoms with Crippen LogP contribution in [-0.2, 0) is 0 Å². The molecule has 2 N–H and O–H groups in total. The lowest BCUT2D eigenvalue weighted by atomic mass is 10.2. The van der Waals surface area contributed by atoms with E-state index in [0.29, 0.717) is 22.4 Å². The summed E-state index contributed by atoms with van der Waals surface area (Å²) in [7, 11) is 0. The van der Waals surface area contributed by atoms with Crippen molar-refractivity contribution in [3.63, 3.8) is 0 Å². The maximum Gasteiger partial charge on any atom is 0.262 e. The molecule has 1 aromatic heterocycles. The van der Waals surface area contributed by atoms with Crippen LogP contribution < -0.4 is 5.32 Å². The van der Waals surface area contributed by atoms with Crippen LogP contribution >= 0.6 is 11.3 Å². The fraction of sp³-hybridized carbons (Fsp3) is 0.462. The molecule has 2 atom stereocenters. The standard InChI is InChI=1S/C13H15NO2S/c1-2-9-8-11(9)14-13(16)12-10(4-3-6-15)5-7-17-12/h5,7,9,11,15H,2,6,8H2,1H3,(H,14,16). The predicted octanol–water partition coefficient (Wildman–Crippen LogP) is 1.62. The highest BCUT2D eigenvalue weighted by Gasteiger charge is 2.36. The Kier molecular flexibility index (Phi) is 3.82. The molecule has 2 unspecified atom stereocenters. The molecule has 0 aliphatic heterocycles. The van der Waals surface area contributed by atoms with Gasteiger partial charge in [0.15, 0.2) is 0 Å². The van der Waals surface area contributed by atoms with Gasteiger partial charge < -0.3 is 10.4 Å². The molecule has 2 rings (SSSR count). The molecular formula is C13H15NO2S. The van der Waals surface area contributed by atoms with E-state index in [1.807, 2.05) is 11.4 Å². The van der Waals surface area contributed by atoms with Crippen LogP contribution in [0.2, 0.25) is 0 Å². The smallest absolute Gasteiger partial charge is 0.262 e. The molecule has 3 nitrogen and oxygen atoms in total. The van der Waals surface area contributed by atoms with Gasteiger partial charge in [-0.1, -0.05) is 25.2 Å². The van der Waals surface area contributed by atoms with E-state index in [1.165, 1.54) is 11.3 Å². The Morgan fingerprint density at radius 3 is 3.18 bits per heavy atom. The summed E-state index contributed by atoms with van der Waals surface area (Å²) < 4.78 is 0. The third-order valence-corrected chi connectivity index (χ3v) is 3.85. The summed E-state index contributed by atoms with van der Waals surface area (Å²) in [6.45, 7) is 1.96. The van der Waals surface area contributed by atoms with Crippen molar-refractivity contribution in [3.05, 3.63) is 21.9 Å². The minimum absolute atomic E-state index is 0.0387. The molecule has 0 bridgehead atoms. The fourth-order valence-electron chi connectivity index (χ4n) is 1.83. The first-order valence-corrected chi connectivity index (χ1v) is 6.62. The number of amides is 1. The van der Waals surface area contributed by atoms with Gasteiger partial charge in [0, 0.05) is 11.6 Å². The van der Waals surface area contributed by atoms with Crippen LogP contribution in [0.15, 0.2) is 11.4 Å². The lowest BCUT2D eigenvalue weighted by Gasteiger charge is -2.02. The van der Waals surface area contributed by atoms with Crippen LogP contribution in [0.3, 0.4) is 0 Å². The van der Waals surface area contributed by atoms with Gasteiger partial charge in [-0.3, -0.25) is 4.79 Å². The minimum Gasteiger partial charge on any atom is -0.384 e. The third kappa shape index (κ3) is 2.87. The Hall–Kier alpha value is -1.31. The number of aliphatic hydroxyl groups is 1. The van der Waals surface area contributed by atoms with Crippen molar-refractivity contribution < 1.29 is 9.90 Å². The second-order valence-corrected chi connectivity index (χ2v) is 5.02. The van der Waals surface area contributed by atoms with E-state index in [9.17, 15) is 4.79 Å². The van der Waals surface area contributed by atoms with E-state index < -0.39 is 0 Å². The Labute approximate surface area is 105 Å². The van der Waals surface area contributed by atoms with Gasteiger partial charge >= 0.3 is 0 Å². The molecule has 1 aliphatic carbocycles. The third-order valence-electron chi connectivity index (χ3n) is 2.94. The molecule has 1 amide bonds. The fourth-order valence-corrected chi connectivity index (χ4v) is 2.58. The highest BCUT2D eigenvalue weighted by atomic mass is 32.1. The largest absolute Gasteiger partial charge is 0.384 e. The molecular weight excluding hydrogens is 234 g/mol. The van der Waals surface area contributed by atoms with Gasteiger partial charge in [-0.2, -0.15) is 0 Å². The summed E-state index contributed by atoms with van der Waals surface area (Å²) in [5.74, 6) is 5.96. The second kappa shape index (κ2) is 5.35.